The molecule has 0 unspecified atom stereocenters. The number of hydrogen-bond acceptors (Lipinski definition) is 6. The van der Waals surface area contributed by atoms with Crippen LogP contribution in [0.25, 0.3) is 33.7 Å². The highest BCUT2D eigenvalue weighted by Gasteiger charge is 2.24. The van der Waals surface area contributed by atoms with Crippen molar-refractivity contribution in [3.05, 3.63) is 72.1 Å². The Kier molecular flexibility index (Phi) is 5.73. The van der Waals surface area contributed by atoms with E-state index in [1.165, 1.54) is 0 Å². The molecule has 9 heteroatoms. The predicted molar refractivity (Wildman–Crippen MR) is 137 cm³/mol. The maximum absolute atomic E-state index is 12.3. The Bertz CT molecular complexity index is 1520. The third-order valence-electron chi connectivity index (χ3n) is 6.60. The molecule has 2 aromatic carbocycles. The number of tetrazole rings is 1. The van der Waals surface area contributed by atoms with Crippen molar-refractivity contribution >= 4 is 22.9 Å². The van der Waals surface area contributed by atoms with Crippen LogP contribution >= 0.6 is 0 Å². The second kappa shape index (κ2) is 9.33. The van der Waals surface area contributed by atoms with Crippen LogP contribution in [-0.4, -0.2) is 47.6 Å². The summed E-state index contributed by atoms with van der Waals surface area (Å²) in [5, 5.41) is 14.5. The molecular formula is C27H26N8O. The Hall–Kier alpha value is -4.40. The number of fused-ring (bicyclic) bond motifs is 1. The Morgan fingerprint density at radius 1 is 0.972 bits per heavy atom. The van der Waals surface area contributed by atoms with Crippen LogP contribution in [0.15, 0.2) is 60.7 Å². The number of imidazole rings is 1. The lowest BCUT2D eigenvalue weighted by Crippen LogP contribution is -2.24. The first-order valence-corrected chi connectivity index (χ1v) is 12.3. The molecule has 6 rings (SSSR count). The molecule has 3 aromatic heterocycles. The maximum atomic E-state index is 12.3. The highest BCUT2D eigenvalue weighted by molar-refractivity contribution is 5.95. The van der Waals surface area contributed by atoms with Crippen LogP contribution < -0.4 is 4.90 Å². The summed E-state index contributed by atoms with van der Waals surface area (Å²) in [6, 6.07) is 20.5. The quantitative estimate of drug-likeness (QED) is 0.372. The number of aromatic amines is 1. The Morgan fingerprint density at radius 2 is 1.81 bits per heavy atom. The molecule has 0 spiro atoms. The normalized spacial score (nSPS) is 13.7. The summed E-state index contributed by atoms with van der Waals surface area (Å²) in [5.41, 5.74) is 5.89. The van der Waals surface area contributed by atoms with Gasteiger partial charge in [-0.25, -0.2) is 9.97 Å². The SMILES string of the molecule is CCCc1nc2ccc(N3CCCC3=O)nc2n1Cc1ccc(-c2ccccc2-c2nn[nH]n2)cc1. The lowest BCUT2D eigenvalue weighted by atomic mass is 9.98. The fraction of sp³-hybridized carbons (Fsp3) is 0.259. The van der Waals surface area contributed by atoms with E-state index in [-0.39, 0.29) is 5.91 Å². The van der Waals surface area contributed by atoms with Crippen LogP contribution in [0.3, 0.4) is 0 Å². The molecule has 9 nitrogen and oxygen atoms in total. The van der Waals surface area contributed by atoms with Gasteiger partial charge in [-0.1, -0.05) is 55.5 Å². The van der Waals surface area contributed by atoms with Gasteiger partial charge in [-0.3, -0.25) is 9.69 Å². The Morgan fingerprint density at radius 3 is 2.53 bits per heavy atom. The number of anilines is 1. The van der Waals surface area contributed by atoms with E-state index in [1.54, 1.807) is 4.90 Å². The minimum atomic E-state index is 0.137. The largest absolute Gasteiger partial charge is 0.308 e. The van der Waals surface area contributed by atoms with Gasteiger partial charge in [0.1, 0.15) is 17.2 Å². The van der Waals surface area contributed by atoms with Crippen LogP contribution in [-0.2, 0) is 17.8 Å². The minimum absolute atomic E-state index is 0.137. The van der Waals surface area contributed by atoms with E-state index in [4.69, 9.17) is 9.97 Å². The van der Waals surface area contributed by atoms with E-state index in [0.29, 0.717) is 24.6 Å². The van der Waals surface area contributed by atoms with Crippen LogP contribution in [0.1, 0.15) is 37.6 Å². The molecule has 1 saturated heterocycles. The number of carbonyl (C=O) groups excluding carboxylic acids is 1. The zero-order chi connectivity index (χ0) is 24.5. The second-order valence-corrected chi connectivity index (χ2v) is 9.00. The predicted octanol–water partition coefficient (Wildman–Crippen LogP) is 4.41. The molecule has 0 aliphatic carbocycles. The number of aryl methyl sites for hydroxylation is 1. The van der Waals surface area contributed by atoms with E-state index in [9.17, 15) is 4.79 Å². The lowest BCUT2D eigenvalue weighted by molar-refractivity contribution is -0.117. The number of hydrogen-bond donors (Lipinski definition) is 1. The number of rotatable bonds is 7. The molecule has 1 N–H and O–H groups in total. The third-order valence-corrected chi connectivity index (χ3v) is 6.60. The summed E-state index contributed by atoms with van der Waals surface area (Å²) in [7, 11) is 0. The molecule has 0 radical (unpaired) electrons. The van der Waals surface area contributed by atoms with Crippen molar-refractivity contribution in [1.29, 1.82) is 0 Å². The average molecular weight is 479 g/mol. The van der Waals surface area contributed by atoms with Gasteiger partial charge >= 0.3 is 0 Å². The van der Waals surface area contributed by atoms with Gasteiger partial charge in [0.25, 0.3) is 0 Å². The van der Waals surface area contributed by atoms with E-state index in [2.05, 4.69) is 62.4 Å². The van der Waals surface area contributed by atoms with Gasteiger partial charge in [-0.2, -0.15) is 5.21 Å². The first-order valence-electron chi connectivity index (χ1n) is 12.3. The van der Waals surface area contributed by atoms with Gasteiger partial charge in [0.15, 0.2) is 5.65 Å². The Balaban J connectivity index is 1.34. The monoisotopic (exact) mass is 478 g/mol. The molecule has 36 heavy (non-hydrogen) atoms. The summed E-state index contributed by atoms with van der Waals surface area (Å²) in [6.07, 6.45) is 3.32. The van der Waals surface area contributed by atoms with Gasteiger partial charge in [0.2, 0.25) is 11.7 Å². The first kappa shape index (κ1) is 22.1. The molecule has 1 fully saturated rings. The fourth-order valence-corrected chi connectivity index (χ4v) is 4.84. The zero-order valence-corrected chi connectivity index (χ0v) is 20.1. The van der Waals surface area contributed by atoms with Crippen LogP contribution in [0.2, 0.25) is 0 Å². The number of aromatic nitrogens is 7. The van der Waals surface area contributed by atoms with E-state index in [1.807, 2.05) is 30.3 Å². The van der Waals surface area contributed by atoms with Crippen molar-refractivity contribution in [3.63, 3.8) is 0 Å². The van der Waals surface area contributed by atoms with Gasteiger partial charge in [0, 0.05) is 24.9 Å². The molecule has 0 bridgehead atoms. The molecule has 0 atom stereocenters. The number of amides is 1. The van der Waals surface area contributed by atoms with Crippen LogP contribution in [0, 0.1) is 0 Å². The van der Waals surface area contributed by atoms with Crippen molar-refractivity contribution < 1.29 is 4.79 Å². The number of nitrogens with one attached hydrogen (secondary N) is 1. The minimum Gasteiger partial charge on any atom is -0.308 e. The summed E-state index contributed by atoms with van der Waals surface area (Å²) in [6.45, 7) is 3.53. The number of carbonyl (C=O) groups is 1. The van der Waals surface area contributed by atoms with E-state index >= 15 is 0 Å². The van der Waals surface area contributed by atoms with Gasteiger partial charge in [-0.15, -0.1) is 10.2 Å². The van der Waals surface area contributed by atoms with E-state index < -0.39 is 0 Å². The number of pyridine rings is 1. The van der Waals surface area contributed by atoms with Crippen molar-refractivity contribution in [2.45, 2.75) is 39.2 Å². The zero-order valence-electron chi connectivity index (χ0n) is 20.1. The van der Waals surface area contributed by atoms with Crippen molar-refractivity contribution in [3.8, 4) is 22.5 Å². The third kappa shape index (κ3) is 4.02. The van der Waals surface area contributed by atoms with Crippen molar-refractivity contribution in [2.75, 3.05) is 11.4 Å². The van der Waals surface area contributed by atoms with Crippen molar-refractivity contribution in [1.82, 2.24) is 35.2 Å². The summed E-state index contributed by atoms with van der Waals surface area (Å²) < 4.78 is 2.19. The number of benzene rings is 2. The molecule has 0 saturated carbocycles. The second-order valence-electron chi connectivity index (χ2n) is 9.00. The number of nitrogens with zero attached hydrogens (tertiary/aromatic N) is 7. The van der Waals surface area contributed by atoms with Gasteiger partial charge < -0.3 is 4.57 Å². The summed E-state index contributed by atoms with van der Waals surface area (Å²) in [5.74, 6) is 2.43. The number of H-pyrrole nitrogens is 1. The van der Waals surface area contributed by atoms with Crippen LogP contribution in [0.4, 0.5) is 5.82 Å². The molecule has 5 aromatic rings. The fourth-order valence-electron chi connectivity index (χ4n) is 4.84. The summed E-state index contributed by atoms with van der Waals surface area (Å²) >= 11 is 0. The molecular weight excluding hydrogens is 452 g/mol. The molecule has 1 amide bonds. The maximum Gasteiger partial charge on any atom is 0.228 e. The Labute approximate surface area is 208 Å². The molecule has 180 valence electrons. The average Bonchev–Trinajstić information content (AvgIpc) is 3.66. The molecule has 1 aliphatic heterocycles. The van der Waals surface area contributed by atoms with Crippen molar-refractivity contribution in [2.24, 2.45) is 0 Å². The molecule has 1 aliphatic rings. The van der Waals surface area contributed by atoms with Gasteiger partial charge in [0.05, 0.1) is 6.54 Å². The lowest BCUT2D eigenvalue weighted by Gasteiger charge is -2.15. The smallest absolute Gasteiger partial charge is 0.228 e. The summed E-state index contributed by atoms with van der Waals surface area (Å²) in [4.78, 5) is 23.8. The first-order chi connectivity index (χ1) is 17.7. The van der Waals surface area contributed by atoms with Crippen LogP contribution in [0.5, 0.6) is 0 Å². The topological polar surface area (TPSA) is 105 Å². The highest BCUT2D eigenvalue weighted by Crippen LogP contribution is 2.30. The molecule has 4 heterocycles. The van der Waals surface area contributed by atoms with Gasteiger partial charge in [-0.05, 0) is 46.9 Å². The van der Waals surface area contributed by atoms with E-state index in [0.717, 1.165) is 65.0 Å². The standard InChI is InChI=1S/C27H26N8O/c1-2-6-23-28-22-14-15-24(34-16-5-9-25(34)36)29-27(22)35(23)17-18-10-12-19(13-11-18)20-7-3-4-8-21(20)26-30-32-33-31-26/h3-4,7-8,10-15H,2,5-6,9,16-17H2,1H3,(H,30,31,32,33). The highest BCUT2D eigenvalue weighted by atomic mass is 16.2.